The van der Waals surface area contributed by atoms with E-state index in [-0.39, 0.29) is 5.82 Å². The first-order valence-electron chi connectivity index (χ1n) is 5.97. The van der Waals surface area contributed by atoms with Crippen LogP contribution in [0.25, 0.3) is 22.6 Å². The average molecular weight is 250 g/mol. The highest BCUT2D eigenvalue weighted by Crippen LogP contribution is 2.20. The van der Waals surface area contributed by atoms with Crippen molar-refractivity contribution in [3.05, 3.63) is 72.7 Å². The third-order valence-corrected chi connectivity index (χ3v) is 2.83. The van der Waals surface area contributed by atoms with Gasteiger partial charge in [0.25, 0.3) is 0 Å². The first-order chi connectivity index (χ1) is 9.33. The quantitative estimate of drug-likeness (QED) is 0.688. The van der Waals surface area contributed by atoms with Crippen LogP contribution in [0.5, 0.6) is 0 Å². The largest absolute Gasteiger partial charge is 0.237 e. The van der Waals surface area contributed by atoms with E-state index >= 15 is 0 Å². The second kappa shape index (κ2) is 4.98. The summed E-state index contributed by atoms with van der Waals surface area (Å²) in [6, 6.07) is 17.9. The lowest BCUT2D eigenvalue weighted by Gasteiger charge is -2.04. The smallest absolute Gasteiger partial charge is 0.159 e. The van der Waals surface area contributed by atoms with Crippen molar-refractivity contribution in [2.24, 2.45) is 0 Å². The van der Waals surface area contributed by atoms with E-state index in [4.69, 9.17) is 0 Å². The normalized spacial score (nSPS) is 10.4. The Morgan fingerprint density at radius 2 is 1.47 bits per heavy atom. The zero-order chi connectivity index (χ0) is 13.1. The molecule has 0 bridgehead atoms. The molecule has 0 aliphatic carbocycles. The molecule has 3 aromatic rings. The molecule has 0 spiro atoms. The fourth-order valence-electron chi connectivity index (χ4n) is 1.87. The molecule has 0 saturated heterocycles. The van der Waals surface area contributed by atoms with Gasteiger partial charge in [-0.15, -0.1) is 0 Å². The van der Waals surface area contributed by atoms with E-state index in [9.17, 15) is 4.39 Å². The SMILES string of the molecule is Fc1ccc(-c2ccnc(-c3ccccc3)n2)cc1. The lowest BCUT2D eigenvalue weighted by Crippen LogP contribution is -1.91. The molecule has 0 aliphatic rings. The fourth-order valence-corrected chi connectivity index (χ4v) is 1.87. The van der Waals surface area contributed by atoms with Crippen LogP contribution in [-0.4, -0.2) is 9.97 Å². The summed E-state index contributed by atoms with van der Waals surface area (Å²) in [4.78, 5) is 8.78. The lowest BCUT2D eigenvalue weighted by atomic mass is 10.1. The van der Waals surface area contributed by atoms with Crippen LogP contribution in [0.15, 0.2) is 66.9 Å². The van der Waals surface area contributed by atoms with Gasteiger partial charge in [0.05, 0.1) is 5.69 Å². The molecule has 0 unspecified atom stereocenters. The minimum absolute atomic E-state index is 0.249. The molecule has 2 nitrogen and oxygen atoms in total. The van der Waals surface area contributed by atoms with Gasteiger partial charge in [-0.05, 0) is 30.3 Å². The van der Waals surface area contributed by atoms with Crippen LogP contribution in [0, 0.1) is 5.82 Å². The molecular formula is C16H11FN2. The van der Waals surface area contributed by atoms with Crippen LogP contribution in [0.2, 0.25) is 0 Å². The molecule has 3 rings (SSSR count). The monoisotopic (exact) mass is 250 g/mol. The maximum atomic E-state index is 12.9. The fraction of sp³-hybridized carbons (Fsp3) is 0. The molecule has 1 aromatic heterocycles. The Balaban J connectivity index is 2.03. The van der Waals surface area contributed by atoms with Crippen LogP contribution in [0.4, 0.5) is 4.39 Å². The van der Waals surface area contributed by atoms with Crippen molar-refractivity contribution in [2.75, 3.05) is 0 Å². The Labute approximate surface area is 110 Å². The molecule has 19 heavy (non-hydrogen) atoms. The van der Waals surface area contributed by atoms with Gasteiger partial charge in [-0.3, -0.25) is 0 Å². The highest BCUT2D eigenvalue weighted by Gasteiger charge is 2.04. The van der Waals surface area contributed by atoms with Crippen molar-refractivity contribution >= 4 is 0 Å². The Kier molecular flexibility index (Phi) is 3.02. The first-order valence-corrected chi connectivity index (χ1v) is 5.97. The molecule has 0 aliphatic heterocycles. The summed E-state index contributed by atoms with van der Waals surface area (Å²) >= 11 is 0. The lowest BCUT2D eigenvalue weighted by molar-refractivity contribution is 0.628. The Morgan fingerprint density at radius 3 is 2.21 bits per heavy atom. The summed E-state index contributed by atoms with van der Waals surface area (Å²) in [5, 5.41) is 0. The topological polar surface area (TPSA) is 25.8 Å². The van der Waals surface area contributed by atoms with Gasteiger partial charge in [-0.2, -0.15) is 0 Å². The van der Waals surface area contributed by atoms with E-state index < -0.39 is 0 Å². The van der Waals surface area contributed by atoms with E-state index in [1.54, 1.807) is 18.3 Å². The van der Waals surface area contributed by atoms with E-state index in [1.807, 2.05) is 36.4 Å². The maximum Gasteiger partial charge on any atom is 0.159 e. The van der Waals surface area contributed by atoms with Gasteiger partial charge in [0.2, 0.25) is 0 Å². The minimum Gasteiger partial charge on any atom is -0.237 e. The highest BCUT2D eigenvalue weighted by atomic mass is 19.1. The van der Waals surface area contributed by atoms with Crippen LogP contribution in [0.3, 0.4) is 0 Å². The summed E-state index contributed by atoms with van der Waals surface area (Å²) in [7, 11) is 0. The van der Waals surface area contributed by atoms with Gasteiger partial charge in [0, 0.05) is 17.3 Å². The number of aromatic nitrogens is 2. The molecule has 2 aromatic carbocycles. The van der Waals surface area contributed by atoms with Crippen LogP contribution >= 0.6 is 0 Å². The van der Waals surface area contributed by atoms with Crippen LogP contribution in [0.1, 0.15) is 0 Å². The van der Waals surface area contributed by atoms with E-state index in [2.05, 4.69) is 9.97 Å². The summed E-state index contributed by atoms with van der Waals surface area (Å²) in [5.74, 6) is 0.420. The molecule has 92 valence electrons. The van der Waals surface area contributed by atoms with E-state index in [0.29, 0.717) is 5.82 Å². The standard InChI is InChI=1S/C16H11FN2/c17-14-8-6-12(7-9-14)15-10-11-18-16(19-15)13-4-2-1-3-5-13/h1-11H. The molecule has 0 amide bonds. The van der Waals surface area contributed by atoms with Gasteiger partial charge in [0.1, 0.15) is 5.82 Å². The number of hydrogen-bond acceptors (Lipinski definition) is 2. The van der Waals surface area contributed by atoms with E-state index in [0.717, 1.165) is 16.8 Å². The van der Waals surface area contributed by atoms with Gasteiger partial charge < -0.3 is 0 Å². The summed E-state index contributed by atoms with van der Waals surface area (Å²) < 4.78 is 12.9. The predicted octanol–water partition coefficient (Wildman–Crippen LogP) is 3.95. The van der Waals surface area contributed by atoms with Crippen molar-refractivity contribution in [3.63, 3.8) is 0 Å². The Bertz CT molecular complexity index is 679. The third-order valence-electron chi connectivity index (χ3n) is 2.83. The van der Waals surface area contributed by atoms with Gasteiger partial charge in [0.15, 0.2) is 5.82 Å². The second-order valence-electron chi connectivity index (χ2n) is 4.14. The second-order valence-corrected chi connectivity index (χ2v) is 4.14. The number of hydrogen-bond donors (Lipinski definition) is 0. The van der Waals surface area contributed by atoms with E-state index in [1.165, 1.54) is 12.1 Å². The van der Waals surface area contributed by atoms with Gasteiger partial charge >= 0.3 is 0 Å². The molecule has 0 atom stereocenters. The molecular weight excluding hydrogens is 239 g/mol. The number of benzene rings is 2. The van der Waals surface area contributed by atoms with Gasteiger partial charge in [-0.1, -0.05) is 30.3 Å². The van der Waals surface area contributed by atoms with Crippen LogP contribution in [-0.2, 0) is 0 Å². The third kappa shape index (κ3) is 2.50. The zero-order valence-electron chi connectivity index (χ0n) is 10.1. The summed E-state index contributed by atoms with van der Waals surface area (Å²) in [6.45, 7) is 0. The molecule has 0 fully saturated rings. The number of rotatable bonds is 2. The highest BCUT2D eigenvalue weighted by molar-refractivity contribution is 5.63. The van der Waals surface area contributed by atoms with Crippen molar-refractivity contribution in [1.82, 2.24) is 9.97 Å². The van der Waals surface area contributed by atoms with Crippen molar-refractivity contribution < 1.29 is 4.39 Å². The maximum absolute atomic E-state index is 12.9. The molecule has 3 heteroatoms. The van der Waals surface area contributed by atoms with Gasteiger partial charge in [-0.25, -0.2) is 14.4 Å². The average Bonchev–Trinajstić information content (AvgIpc) is 2.49. The first kappa shape index (κ1) is 11.5. The summed E-state index contributed by atoms with van der Waals surface area (Å²) in [5.41, 5.74) is 2.63. The number of nitrogens with zero attached hydrogens (tertiary/aromatic N) is 2. The van der Waals surface area contributed by atoms with Crippen LogP contribution < -0.4 is 0 Å². The minimum atomic E-state index is -0.249. The number of halogens is 1. The molecule has 1 heterocycles. The zero-order valence-corrected chi connectivity index (χ0v) is 10.1. The Hall–Kier alpha value is -2.55. The van der Waals surface area contributed by atoms with Crippen molar-refractivity contribution in [2.45, 2.75) is 0 Å². The van der Waals surface area contributed by atoms with Crippen molar-refractivity contribution in [1.29, 1.82) is 0 Å². The molecule has 0 saturated carbocycles. The summed E-state index contributed by atoms with van der Waals surface area (Å²) in [6.07, 6.45) is 1.72. The Morgan fingerprint density at radius 1 is 0.737 bits per heavy atom. The predicted molar refractivity (Wildman–Crippen MR) is 72.9 cm³/mol. The van der Waals surface area contributed by atoms with Crippen molar-refractivity contribution in [3.8, 4) is 22.6 Å². The molecule has 0 N–H and O–H groups in total. The molecule has 0 radical (unpaired) electrons.